The fourth-order valence-electron chi connectivity index (χ4n) is 5.84. The summed E-state index contributed by atoms with van der Waals surface area (Å²) in [7, 11) is 0. The Balaban J connectivity index is 1.11. The highest BCUT2D eigenvalue weighted by Gasteiger charge is 2.30. The Morgan fingerprint density at radius 2 is 1.65 bits per heavy atom. The molecule has 7 rings (SSSR count). The van der Waals surface area contributed by atoms with Gasteiger partial charge >= 0.3 is 0 Å². The minimum Gasteiger partial charge on any atom is -0.388 e. The Bertz CT molecular complexity index is 1720. The number of anilines is 1. The van der Waals surface area contributed by atoms with E-state index in [4.69, 9.17) is 9.98 Å². The molecular formula is C31H29N9O3. The van der Waals surface area contributed by atoms with Crippen LogP contribution in [0.4, 0.5) is 5.95 Å². The fourth-order valence-corrected chi connectivity index (χ4v) is 5.84. The Labute approximate surface area is 247 Å². The molecule has 4 aromatic rings. The van der Waals surface area contributed by atoms with Crippen molar-refractivity contribution >= 4 is 29.1 Å². The predicted octanol–water partition coefficient (Wildman–Crippen LogP) is 1.94. The maximum absolute atomic E-state index is 13.3. The van der Waals surface area contributed by atoms with Crippen molar-refractivity contribution in [1.82, 2.24) is 30.3 Å². The van der Waals surface area contributed by atoms with Gasteiger partial charge in [-0.2, -0.15) is 0 Å². The molecule has 0 saturated heterocycles. The maximum atomic E-state index is 13.3. The summed E-state index contributed by atoms with van der Waals surface area (Å²) in [6.07, 6.45) is 5.43. The second-order valence-electron chi connectivity index (χ2n) is 10.9. The van der Waals surface area contributed by atoms with E-state index in [0.717, 1.165) is 29.8 Å². The first-order valence-electron chi connectivity index (χ1n) is 14.3. The number of hydrogen-bond donors (Lipinski definition) is 3. The summed E-state index contributed by atoms with van der Waals surface area (Å²) in [4.78, 5) is 45.8. The lowest BCUT2D eigenvalue weighted by atomic mass is 10.00. The quantitative estimate of drug-likeness (QED) is 0.269. The van der Waals surface area contributed by atoms with Crippen LogP contribution in [0.1, 0.15) is 50.4 Å². The number of Topliss-reactive ketones (excluding diaryl/α,β-unsaturated/α-hetero) is 1. The van der Waals surface area contributed by atoms with Gasteiger partial charge in [-0.15, -0.1) is 5.10 Å². The number of aromatic nitrogens is 5. The number of aliphatic imine (C=N–C) groups is 2. The van der Waals surface area contributed by atoms with E-state index in [2.05, 4.69) is 55.0 Å². The van der Waals surface area contributed by atoms with E-state index in [1.54, 1.807) is 41.6 Å². The topological polar surface area (TPSA) is 162 Å². The lowest BCUT2D eigenvalue weighted by molar-refractivity contribution is -0.132. The molecule has 4 heterocycles. The van der Waals surface area contributed by atoms with Crippen LogP contribution >= 0.6 is 0 Å². The van der Waals surface area contributed by atoms with Gasteiger partial charge in [-0.05, 0) is 24.0 Å². The summed E-state index contributed by atoms with van der Waals surface area (Å²) >= 11 is 0. The second kappa shape index (κ2) is 11.3. The minimum absolute atomic E-state index is 0.0657. The third-order valence-corrected chi connectivity index (χ3v) is 8.10. The molecule has 0 bridgehead atoms. The van der Waals surface area contributed by atoms with Crippen LogP contribution in [0, 0.1) is 0 Å². The van der Waals surface area contributed by atoms with Crippen LogP contribution in [0.15, 0.2) is 70.9 Å². The van der Waals surface area contributed by atoms with Gasteiger partial charge in [0.15, 0.2) is 5.78 Å². The number of amides is 1. The van der Waals surface area contributed by atoms with E-state index in [-0.39, 0.29) is 24.2 Å². The molecule has 0 fully saturated rings. The van der Waals surface area contributed by atoms with Crippen LogP contribution < -0.4 is 5.32 Å². The highest BCUT2D eigenvalue weighted by Crippen LogP contribution is 2.25. The van der Waals surface area contributed by atoms with Crippen molar-refractivity contribution in [3.8, 4) is 0 Å². The van der Waals surface area contributed by atoms with Crippen molar-refractivity contribution in [2.24, 2.45) is 9.98 Å². The molecule has 2 aromatic heterocycles. The monoisotopic (exact) mass is 575 g/mol. The average molecular weight is 576 g/mol. The zero-order valence-electron chi connectivity index (χ0n) is 23.3. The molecular weight excluding hydrogens is 546 g/mol. The van der Waals surface area contributed by atoms with Gasteiger partial charge in [0.25, 0.3) is 0 Å². The zero-order valence-corrected chi connectivity index (χ0v) is 23.3. The summed E-state index contributed by atoms with van der Waals surface area (Å²) in [6.45, 7) is 0.414. The first-order valence-corrected chi connectivity index (χ1v) is 14.3. The van der Waals surface area contributed by atoms with Gasteiger partial charge in [0.1, 0.15) is 18.5 Å². The number of fused-ring (bicyclic) bond motifs is 2. The van der Waals surface area contributed by atoms with E-state index in [0.29, 0.717) is 48.0 Å². The summed E-state index contributed by atoms with van der Waals surface area (Å²) in [5.41, 5.74) is 7.42. The molecule has 216 valence electrons. The van der Waals surface area contributed by atoms with E-state index in [1.807, 2.05) is 0 Å². The summed E-state index contributed by atoms with van der Waals surface area (Å²) < 4.78 is 0. The van der Waals surface area contributed by atoms with Crippen LogP contribution in [0.3, 0.4) is 0 Å². The molecule has 1 amide bonds. The Hall–Kier alpha value is -5.10. The lowest BCUT2D eigenvalue weighted by Gasteiger charge is -2.26. The molecule has 0 spiro atoms. The van der Waals surface area contributed by atoms with Crippen LogP contribution in [-0.4, -0.2) is 83.9 Å². The number of carbonyl (C=O) groups is 2. The molecule has 12 nitrogen and oxygen atoms in total. The SMILES string of the molecule is O=C(CO)c1ccc(C2=NC(CC(=O)N3CCc4[nH]nnc4C3)N=C2c2cnc(NC3Cc4ccccc4C3)nc2)cc1. The summed E-state index contributed by atoms with van der Waals surface area (Å²) in [5.74, 6) is 0.106. The molecule has 1 unspecified atom stereocenters. The standard InChI is InChI=1S/C31H29N9O3/c41-17-26(42)18-5-7-19(8-6-18)29-30(36-27(35-29)13-28(43)40-10-9-24-25(16-40)38-39-37-24)22-14-32-31(33-15-22)34-23-11-20-3-1-2-4-21(20)12-23/h1-8,14-15,23,27,41H,9-13,16-17H2,(H,32,33,34)(H,37,38,39). The van der Waals surface area contributed by atoms with E-state index in [9.17, 15) is 14.7 Å². The van der Waals surface area contributed by atoms with Gasteiger partial charge in [-0.1, -0.05) is 53.7 Å². The number of carbonyl (C=O) groups excluding carboxylic acids is 2. The van der Waals surface area contributed by atoms with Crippen molar-refractivity contribution in [3.63, 3.8) is 0 Å². The Kier molecular flexibility index (Phi) is 7.03. The average Bonchev–Trinajstić information content (AvgIpc) is 3.79. The number of hydrogen-bond acceptors (Lipinski definition) is 10. The van der Waals surface area contributed by atoms with Gasteiger partial charge in [-0.3, -0.25) is 24.7 Å². The fraction of sp³-hybridized carbons (Fsp3) is 0.290. The van der Waals surface area contributed by atoms with E-state index < -0.39 is 12.8 Å². The maximum Gasteiger partial charge on any atom is 0.227 e. The molecule has 0 saturated carbocycles. The molecule has 43 heavy (non-hydrogen) atoms. The van der Waals surface area contributed by atoms with Crippen LogP contribution in [0.5, 0.6) is 0 Å². The first-order chi connectivity index (χ1) is 21.0. The minimum atomic E-state index is -0.621. The number of benzene rings is 2. The summed E-state index contributed by atoms with van der Waals surface area (Å²) in [6, 6.07) is 15.5. The smallest absolute Gasteiger partial charge is 0.227 e. The highest BCUT2D eigenvalue weighted by atomic mass is 16.3. The molecule has 3 aliphatic rings. The molecule has 1 atom stereocenters. The van der Waals surface area contributed by atoms with E-state index >= 15 is 0 Å². The van der Waals surface area contributed by atoms with Crippen LogP contribution in [0.2, 0.25) is 0 Å². The number of ketones is 1. The van der Waals surface area contributed by atoms with Crippen LogP contribution in [0.25, 0.3) is 0 Å². The Morgan fingerprint density at radius 1 is 0.953 bits per heavy atom. The number of aliphatic hydroxyl groups excluding tert-OH is 1. The van der Waals surface area contributed by atoms with Crippen molar-refractivity contribution in [3.05, 3.63) is 100 Å². The highest BCUT2D eigenvalue weighted by molar-refractivity contribution is 6.54. The zero-order chi connectivity index (χ0) is 29.3. The van der Waals surface area contributed by atoms with Gasteiger partial charge in [0.05, 0.1) is 30.1 Å². The number of aliphatic hydroxyl groups is 1. The predicted molar refractivity (Wildman–Crippen MR) is 158 cm³/mol. The number of rotatable bonds is 8. The lowest BCUT2D eigenvalue weighted by Crippen LogP contribution is -2.37. The number of aromatic amines is 1. The normalized spacial score (nSPS) is 17.7. The number of H-pyrrole nitrogens is 1. The number of nitrogens with one attached hydrogen (secondary N) is 2. The van der Waals surface area contributed by atoms with Gasteiger partial charge in [0.2, 0.25) is 11.9 Å². The molecule has 12 heteroatoms. The second-order valence-corrected chi connectivity index (χ2v) is 10.9. The third-order valence-electron chi connectivity index (χ3n) is 8.10. The van der Waals surface area contributed by atoms with Gasteiger partial charge in [0, 0.05) is 48.1 Å². The Morgan fingerprint density at radius 3 is 2.35 bits per heavy atom. The van der Waals surface area contributed by atoms with Crippen molar-refractivity contribution in [2.45, 2.75) is 44.4 Å². The number of nitrogens with zero attached hydrogens (tertiary/aromatic N) is 7. The van der Waals surface area contributed by atoms with Gasteiger partial charge in [-0.25, -0.2) is 9.97 Å². The molecule has 3 N–H and O–H groups in total. The molecule has 2 aromatic carbocycles. The van der Waals surface area contributed by atoms with Gasteiger partial charge < -0.3 is 15.3 Å². The molecule has 1 aliphatic carbocycles. The third kappa shape index (κ3) is 5.44. The van der Waals surface area contributed by atoms with Crippen LogP contribution in [-0.2, 0) is 30.6 Å². The largest absolute Gasteiger partial charge is 0.388 e. The van der Waals surface area contributed by atoms with Crippen molar-refractivity contribution < 1.29 is 14.7 Å². The summed E-state index contributed by atoms with van der Waals surface area (Å²) in [5, 5.41) is 23.5. The van der Waals surface area contributed by atoms with E-state index in [1.165, 1.54) is 11.1 Å². The first kappa shape index (κ1) is 26.8. The van der Waals surface area contributed by atoms with Crippen molar-refractivity contribution in [1.29, 1.82) is 0 Å². The molecule has 2 aliphatic heterocycles. The van der Waals surface area contributed by atoms with Crippen molar-refractivity contribution in [2.75, 3.05) is 18.5 Å². The molecule has 0 radical (unpaired) electrons.